The van der Waals surface area contributed by atoms with E-state index in [4.69, 9.17) is 20.8 Å². The van der Waals surface area contributed by atoms with Gasteiger partial charge in [-0.1, -0.05) is 30.7 Å². The molecule has 2 aromatic heterocycles. The molecule has 0 N–H and O–H groups in total. The number of hydrogen-bond acceptors (Lipinski definition) is 4. The zero-order valence-corrected chi connectivity index (χ0v) is 12.2. The predicted octanol–water partition coefficient (Wildman–Crippen LogP) is 3.97. The number of oxazole rings is 1. The van der Waals surface area contributed by atoms with Gasteiger partial charge in [0.05, 0.1) is 6.61 Å². The van der Waals surface area contributed by atoms with Gasteiger partial charge in [-0.15, -0.1) is 0 Å². The van der Waals surface area contributed by atoms with E-state index >= 15 is 0 Å². The lowest BCUT2D eigenvalue weighted by Gasteiger charge is -2.02. The molecule has 0 bridgehead atoms. The SMILES string of the molecule is CCCOc1oc(-n2cccn2)nc1-c1ccc(Cl)cc1. The van der Waals surface area contributed by atoms with Crippen molar-refractivity contribution in [2.75, 3.05) is 6.61 Å². The molecule has 0 saturated heterocycles. The molecule has 0 amide bonds. The molecule has 108 valence electrons. The van der Waals surface area contributed by atoms with Gasteiger partial charge in [0.1, 0.15) is 0 Å². The first-order chi connectivity index (χ1) is 10.3. The maximum Gasteiger partial charge on any atom is 0.326 e. The van der Waals surface area contributed by atoms with Crippen molar-refractivity contribution in [1.82, 2.24) is 14.8 Å². The minimum atomic E-state index is 0.371. The fraction of sp³-hybridized carbons (Fsp3) is 0.200. The number of ether oxygens (including phenoxy) is 1. The van der Waals surface area contributed by atoms with E-state index in [-0.39, 0.29) is 0 Å². The smallest absolute Gasteiger partial charge is 0.326 e. The average Bonchev–Trinajstić information content (AvgIpc) is 3.15. The van der Waals surface area contributed by atoms with Crippen LogP contribution in [0.15, 0.2) is 47.1 Å². The Hall–Kier alpha value is -2.27. The summed E-state index contributed by atoms with van der Waals surface area (Å²) >= 11 is 5.92. The highest BCUT2D eigenvalue weighted by atomic mass is 35.5. The van der Waals surface area contributed by atoms with Gasteiger partial charge in [0.2, 0.25) is 0 Å². The molecule has 1 aromatic carbocycles. The second kappa shape index (κ2) is 6.01. The molecule has 2 heterocycles. The maximum atomic E-state index is 5.92. The number of nitrogens with zero attached hydrogens (tertiary/aromatic N) is 3. The molecule has 5 nitrogen and oxygen atoms in total. The highest BCUT2D eigenvalue weighted by Crippen LogP contribution is 2.32. The number of halogens is 1. The molecule has 0 atom stereocenters. The van der Waals surface area contributed by atoms with Crippen LogP contribution >= 0.6 is 11.6 Å². The van der Waals surface area contributed by atoms with Gasteiger partial charge >= 0.3 is 12.0 Å². The first-order valence-electron chi connectivity index (χ1n) is 6.67. The van der Waals surface area contributed by atoms with Crippen LogP contribution in [0.1, 0.15) is 13.3 Å². The van der Waals surface area contributed by atoms with Crippen molar-refractivity contribution in [1.29, 1.82) is 0 Å². The molecule has 0 radical (unpaired) electrons. The van der Waals surface area contributed by atoms with Crippen LogP contribution < -0.4 is 4.74 Å². The Labute approximate surface area is 127 Å². The van der Waals surface area contributed by atoms with Gasteiger partial charge < -0.3 is 9.15 Å². The molecule has 0 spiro atoms. The fourth-order valence-electron chi connectivity index (χ4n) is 1.86. The van der Waals surface area contributed by atoms with E-state index in [0.29, 0.717) is 29.3 Å². The molecule has 0 aliphatic rings. The van der Waals surface area contributed by atoms with Crippen molar-refractivity contribution in [3.63, 3.8) is 0 Å². The van der Waals surface area contributed by atoms with Crippen LogP contribution in [-0.4, -0.2) is 21.4 Å². The summed E-state index contributed by atoms with van der Waals surface area (Å²) in [6.07, 6.45) is 4.32. The molecule has 3 aromatic rings. The molecule has 6 heteroatoms. The quantitative estimate of drug-likeness (QED) is 0.715. The fourth-order valence-corrected chi connectivity index (χ4v) is 1.98. The van der Waals surface area contributed by atoms with Gasteiger partial charge in [0, 0.05) is 23.0 Å². The number of benzene rings is 1. The second-order valence-corrected chi connectivity index (χ2v) is 4.87. The number of rotatable bonds is 5. The largest absolute Gasteiger partial charge is 0.464 e. The minimum absolute atomic E-state index is 0.371. The molecular formula is C15H14ClN3O2. The summed E-state index contributed by atoms with van der Waals surface area (Å²) in [7, 11) is 0. The highest BCUT2D eigenvalue weighted by Gasteiger charge is 2.18. The lowest BCUT2D eigenvalue weighted by Crippen LogP contribution is -1.95. The van der Waals surface area contributed by atoms with Crippen LogP contribution in [0.2, 0.25) is 5.02 Å². The van der Waals surface area contributed by atoms with E-state index in [9.17, 15) is 0 Å². The summed E-state index contributed by atoms with van der Waals surface area (Å²) in [5.74, 6) is 0.393. The van der Waals surface area contributed by atoms with Crippen LogP contribution in [0.4, 0.5) is 0 Å². The van der Waals surface area contributed by atoms with E-state index in [1.807, 2.05) is 31.2 Å². The Morgan fingerprint density at radius 1 is 1.29 bits per heavy atom. The first-order valence-corrected chi connectivity index (χ1v) is 7.05. The highest BCUT2D eigenvalue weighted by molar-refractivity contribution is 6.30. The number of aromatic nitrogens is 3. The summed E-state index contributed by atoms with van der Waals surface area (Å²) in [4.78, 5) is 4.47. The van der Waals surface area contributed by atoms with Crippen LogP contribution in [0, 0.1) is 0 Å². The summed E-state index contributed by atoms with van der Waals surface area (Å²) in [6, 6.07) is 9.55. The zero-order chi connectivity index (χ0) is 14.7. The lowest BCUT2D eigenvalue weighted by atomic mass is 10.2. The van der Waals surface area contributed by atoms with Crippen LogP contribution in [0.5, 0.6) is 5.95 Å². The average molecular weight is 304 g/mol. The molecular weight excluding hydrogens is 290 g/mol. The van der Waals surface area contributed by atoms with E-state index < -0.39 is 0 Å². The van der Waals surface area contributed by atoms with Gasteiger partial charge in [-0.2, -0.15) is 14.8 Å². The third kappa shape index (κ3) is 2.92. The summed E-state index contributed by atoms with van der Waals surface area (Å²) in [5, 5.41) is 4.78. The predicted molar refractivity (Wildman–Crippen MR) is 79.9 cm³/mol. The van der Waals surface area contributed by atoms with E-state index in [1.165, 1.54) is 0 Å². The van der Waals surface area contributed by atoms with E-state index in [1.54, 1.807) is 23.1 Å². The monoisotopic (exact) mass is 303 g/mol. The van der Waals surface area contributed by atoms with Crippen molar-refractivity contribution in [3.05, 3.63) is 47.7 Å². The van der Waals surface area contributed by atoms with Gasteiger partial charge in [-0.3, -0.25) is 0 Å². The van der Waals surface area contributed by atoms with Crippen molar-refractivity contribution in [2.24, 2.45) is 0 Å². The van der Waals surface area contributed by atoms with Gasteiger partial charge in [0.15, 0.2) is 5.69 Å². The Morgan fingerprint density at radius 3 is 2.76 bits per heavy atom. The number of hydrogen-bond donors (Lipinski definition) is 0. The Morgan fingerprint density at radius 2 is 2.10 bits per heavy atom. The first kappa shape index (κ1) is 13.7. The molecule has 0 unspecified atom stereocenters. The van der Waals surface area contributed by atoms with Gasteiger partial charge in [0.25, 0.3) is 0 Å². The zero-order valence-electron chi connectivity index (χ0n) is 11.5. The van der Waals surface area contributed by atoms with Crippen molar-refractivity contribution in [3.8, 4) is 23.2 Å². The molecule has 3 rings (SSSR count). The second-order valence-electron chi connectivity index (χ2n) is 4.44. The Balaban J connectivity index is 2.02. The third-order valence-electron chi connectivity index (χ3n) is 2.84. The van der Waals surface area contributed by atoms with Crippen LogP contribution in [-0.2, 0) is 0 Å². The van der Waals surface area contributed by atoms with Crippen molar-refractivity contribution in [2.45, 2.75) is 13.3 Å². The molecule has 0 saturated carbocycles. The third-order valence-corrected chi connectivity index (χ3v) is 3.09. The molecule has 0 fully saturated rings. The summed E-state index contributed by atoms with van der Waals surface area (Å²) in [6.45, 7) is 2.60. The summed E-state index contributed by atoms with van der Waals surface area (Å²) in [5.41, 5.74) is 1.53. The van der Waals surface area contributed by atoms with Crippen LogP contribution in [0.3, 0.4) is 0 Å². The summed E-state index contributed by atoms with van der Waals surface area (Å²) < 4.78 is 12.9. The molecule has 21 heavy (non-hydrogen) atoms. The Bertz CT molecular complexity index is 705. The molecule has 0 aliphatic carbocycles. The van der Waals surface area contributed by atoms with Crippen LogP contribution in [0.25, 0.3) is 17.3 Å². The maximum absolute atomic E-state index is 5.92. The van der Waals surface area contributed by atoms with Gasteiger partial charge in [-0.25, -0.2) is 0 Å². The molecule has 0 aliphatic heterocycles. The topological polar surface area (TPSA) is 53.1 Å². The van der Waals surface area contributed by atoms with E-state index in [0.717, 1.165) is 12.0 Å². The lowest BCUT2D eigenvalue weighted by molar-refractivity contribution is 0.242. The van der Waals surface area contributed by atoms with E-state index in [2.05, 4.69) is 10.1 Å². The standard InChI is InChI=1S/C15H14ClN3O2/c1-2-10-20-14-13(11-4-6-12(16)7-5-11)18-15(21-14)19-9-3-8-17-19/h3-9H,2,10H2,1H3. The van der Waals surface area contributed by atoms with Gasteiger partial charge in [-0.05, 0) is 24.6 Å². The van der Waals surface area contributed by atoms with Crippen molar-refractivity contribution >= 4 is 11.6 Å². The Kier molecular flexibility index (Phi) is 3.92. The van der Waals surface area contributed by atoms with Crippen molar-refractivity contribution < 1.29 is 9.15 Å². The normalized spacial score (nSPS) is 10.8. The minimum Gasteiger partial charge on any atom is -0.464 e.